The van der Waals surface area contributed by atoms with E-state index in [1.165, 1.54) is 45.8 Å². The maximum atomic E-state index is 12.7. The summed E-state index contributed by atoms with van der Waals surface area (Å²) in [6.45, 7) is 3.42. The van der Waals surface area contributed by atoms with Gasteiger partial charge < -0.3 is 9.88 Å². The lowest BCUT2D eigenvalue weighted by molar-refractivity contribution is -0.684. The van der Waals surface area contributed by atoms with Crippen LogP contribution in [0.4, 0.5) is 5.69 Å². The molecule has 4 aromatic rings. The van der Waals surface area contributed by atoms with Crippen molar-refractivity contribution in [1.82, 2.24) is 4.57 Å². The Labute approximate surface area is 170 Å². The van der Waals surface area contributed by atoms with Gasteiger partial charge in [-0.2, -0.15) is 4.57 Å². The fourth-order valence-corrected chi connectivity index (χ4v) is 4.66. The Balaban J connectivity index is 1.40. The molecule has 4 nitrogen and oxygen atoms in total. The van der Waals surface area contributed by atoms with Crippen LogP contribution in [0.1, 0.15) is 30.9 Å². The summed E-state index contributed by atoms with van der Waals surface area (Å²) in [4.78, 5) is 12.7. The Hall–Kier alpha value is -3.14. The summed E-state index contributed by atoms with van der Waals surface area (Å²) < 4.78 is 4.32. The topological polar surface area (TPSA) is 37.9 Å². The highest BCUT2D eigenvalue weighted by Crippen LogP contribution is 2.31. The van der Waals surface area contributed by atoms with Gasteiger partial charge in [-0.25, -0.2) is 0 Å². The Morgan fingerprint density at radius 3 is 2.66 bits per heavy atom. The number of benzene rings is 2. The summed E-state index contributed by atoms with van der Waals surface area (Å²) in [5.74, 6) is 0.00402. The van der Waals surface area contributed by atoms with Crippen LogP contribution < -0.4 is 9.88 Å². The summed E-state index contributed by atoms with van der Waals surface area (Å²) in [5, 5.41) is 5.49. The van der Waals surface area contributed by atoms with Crippen LogP contribution in [0, 0.1) is 0 Å². The quantitative estimate of drug-likeness (QED) is 0.512. The predicted molar refractivity (Wildman–Crippen MR) is 117 cm³/mol. The molecule has 0 saturated carbocycles. The van der Waals surface area contributed by atoms with Crippen molar-refractivity contribution < 1.29 is 9.36 Å². The van der Waals surface area contributed by atoms with Gasteiger partial charge in [0.05, 0.1) is 0 Å². The Morgan fingerprint density at radius 2 is 1.79 bits per heavy atom. The molecule has 2 aromatic heterocycles. The lowest BCUT2D eigenvalue weighted by atomic mass is 9.93. The van der Waals surface area contributed by atoms with Crippen LogP contribution in [0.25, 0.3) is 21.8 Å². The number of fused-ring (bicyclic) bond motifs is 4. The molecule has 2 heterocycles. The Morgan fingerprint density at radius 1 is 1.00 bits per heavy atom. The van der Waals surface area contributed by atoms with Crippen LogP contribution >= 0.6 is 0 Å². The number of carbonyl (C=O) groups is 1. The molecular weight excluding hydrogens is 358 g/mol. The number of aromatic nitrogens is 2. The number of nitrogens with zero attached hydrogens (tertiary/aromatic N) is 2. The minimum absolute atomic E-state index is 0.00402. The molecule has 1 N–H and O–H groups in total. The zero-order valence-corrected chi connectivity index (χ0v) is 16.8. The zero-order valence-electron chi connectivity index (χ0n) is 16.8. The molecule has 1 amide bonds. The molecule has 146 valence electrons. The first-order valence-electron chi connectivity index (χ1n) is 10.5. The van der Waals surface area contributed by atoms with Crippen molar-refractivity contribution in [2.45, 2.75) is 45.7 Å². The molecule has 2 aromatic carbocycles. The van der Waals surface area contributed by atoms with Crippen LogP contribution in [-0.4, -0.2) is 10.5 Å². The van der Waals surface area contributed by atoms with Gasteiger partial charge in [0.2, 0.25) is 6.54 Å². The van der Waals surface area contributed by atoms with Gasteiger partial charge in [0.25, 0.3) is 5.91 Å². The minimum atomic E-state index is 0.00402. The third-order valence-electron chi connectivity index (χ3n) is 6.04. The molecule has 0 aliphatic heterocycles. The summed E-state index contributed by atoms with van der Waals surface area (Å²) in [5.41, 5.74) is 6.11. The first kappa shape index (κ1) is 17.9. The van der Waals surface area contributed by atoms with E-state index in [1.807, 2.05) is 16.8 Å². The molecule has 0 radical (unpaired) electrons. The zero-order chi connectivity index (χ0) is 19.8. The second-order valence-corrected chi connectivity index (χ2v) is 7.92. The van der Waals surface area contributed by atoms with Crippen LogP contribution in [0.15, 0.2) is 60.9 Å². The summed E-state index contributed by atoms with van der Waals surface area (Å²) in [6.07, 6.45) is 8.97. The number of carbonyl (C=O) groups excluding carboxylic acids is 1. The maximum absolute atomic E-state index is 12.7. The minimum Gasteiger partial charge on any atom is -0.341 e. The van der Waals surface area contributed by atoms with E-state index in [2.05, 4.69) is 65.5 Å². The summed E-state index contributed by atoms with van der Waals surface area (Å²) in [6, 6.07) is 16.8. The molecule has 0 saturated heterocycles. The van der Waals surface area contributed by atoms with E-state index in [1.54, 1.807) is 0 Å². The molecule has 0 unspecified atom stereocenters. The van der Waals surface area contributed by atoms with Crippen molar-refractivity contribution in [1.29, 1.82) is 0 Å². The number of anilines is 1. The number of aryl methyl sites for hydroxylation is 3. The predicted octanol–water partition coefficient (Wildman–Crippen LogP) is 4.62. The normalized spacial score (nSPS) is 13.6. The highest BCUT2D eigenvalue weighted by atomic mass is 16.1. The van der Waals surface area contributed by atoms with E-state index in [4.69, 9.17) is 0 Å². The SMILES string of the molecule is CCn1c2ccccc2c2cc(NC(=O)C[n+]3ccc4c(c3)CCCC4)ccc21. The number of pyridine rings is 1. The molecule has 29 heavy (non-hydrogen) atoms. The third-order valence-corrected chi connectivity index (χ3v) is 6.04. The molecule has 1 aliphatic carbocycles. The van der Waals surface area contributed by atoms with Gasteiger partial charge in [0.15, 0.2) is 12.4 Å². The molecule has 0 bridgehead atoms. The Kier molecular flexibility index (Phi) is 4.55. The fraction of sp³-hybridized carbons (Fsp3) is 0.280. The van der Waals surface area contributed by atoms with Crippen molar-refractivity contribution >= 4 is 33.4 Å². The number of para-hydroxylation sites is 1. The third kappa shape index (κ3) is 3.29. The number of amides is 1. The van der Waals surface area contributed by atoms with E-state index >= 15 is 0 Å². The molecule has 4 heteroatoms. The fourth-order valence-electron chi connectivity index (χ4n) is 4.66. The molecule has 0 fully saturated rings. The average Bonchev–Trinajstić information content (AvgIpc) is 3.06. The monoisotopic (exact) mass is 384 g/mol. The number of rotatable bonds is 4. The largest absolute Gasteiger partial charge is 0.341 e. The van der Waals surface area contributed by atoms with Gasteiger partial charge in [-0.15, -0.1) is 0 Å². The highest BCUT2D eigenvalue weighted by molar-refractivity contribution is 6.09. The number of hydrogen-bond acceptors (Lipinski definition) is 1. The Bertz CT molecular complexity index is 1220. The van der Waals surface area contributed by atoms with Crippen molar-refractivity contribution in [3.63, 3.8) is 0 Å². The average molecular weight is 385 g/mol. The first-order chi connectivity index (χ1) is 14.2. The smallest absolute Gasteiger partial charge is 0.290 e. The maximum Gasteiger partial charge on any atom is 0.290 e. The summed E-state index contributed by atoms with van der Waals surface area (Å²) >= 11 is 0. The lowest BCUT2D eigenvalue weighted by Gasteiger charge is -2.13. The van der Waals surface area contributed by atoms with Crippen LogP contribution in [0.2, 0.25) is 0 Å². The van der Waals surface area contributed by atoms with Gasteiger partial charge in [-0.1, -0.05) is 18.2 Å². The van der Waals surface area contributed by atoms with Crippen LogP contribution in [0.3, 0.4) is 0 Å². The molecule has 0 atom stereocenters. The van der Waals surface area contributed by atoms with Crippen molar-refractivity contribution in [2.75, 3.05) is 5.32 Å². The van der Waals surface area contributed by atoms with Crippen molar-refractivity contribution in [3.8, 4) is 0 Å². The molecule has 0 spiro atoms. The summed E-state index contributed by atoms with van der Waals surface area (Å²) in [7, 11) is 0. The van der Waals surface area contributed by atoms with Crippen molar-refractivity contribution in [2.24, 2.45) is 0 Å². The van der Waals surface area contributed by atoms with E-state index in [0.29, 0.717) is 6.54 Å². The van der Waals surface area contributed by atoms with E-state index < -0.39 is 0 Å². The number of hydrogen-bond donors (Lipinski definition) is 1. The van der Waals surface area contributed by atoms with Gasteiger partial charge in [0.1, 0.15) is 0 Å². The van der Waals surface area contributed by atoms with Gasteiger partial charge >= 0.3 is 0 Å². The second-order valence-electron chi connectivity index (χ2n) is 7.92. The van der Waals surface area contributed by atoms with Crippen LogP contribution in [-0.2, 0) is 30.7 Å². The highest BCUT2D eigenvalue weighted by Gasteiger charge is 2.16. The van der Waals surface area contributed by atoms with Gasteiger partial charge in [-0.05, 0) is 62.4 Å². The second kappa shape index (κ2) is 7.36. The lowest BCUT2D eigenvalue weighted by Crippen LogP contribution is -2.40. The van der Waals surface area contributed by atoms with E-state index in [-0.39, 0.29) is 5.91 Å². The molecule has 5 rings (SSSR count). The van der Waals surface area contributed by atoms with Gasteiger partial charge in [0, 0.05) is 45.7 Å². The van der Waals surface area contributed by atoms with Crippen LogP contribution in [0.5, 0.6) is 0 Å². The van der Waals surface area contributed by atoms with E-state index in [0.717, 1.165) is 25.1 Å². The first-order valence-corrected chi connectivity index (χ1v) is 10.5. The standard InChI is InChI=1S/C25H25N3O/c1-2-28-23-10-6-5-9-21(23)22-15-20(11-12-24(22)28)26-25(29)17-27-14-13-18-7-3-4-8-19(18)16-27/h5-6,9-16H,2-4,7-8,17H2,1H3/p+1. The molecule has 1 aliphatic rings. The molecular formula is C25H26N3O+. The number of nitrogens with one attached hydrogen (secondary N) is 1. The van der Waals surface area contributed by atoms with E-state index in [9.17, 15) is 4.79 Å². The van der Waals surface area contributed by atoms with Crippen molar-refractivity contribution in [3.05, 3.63) is 72.1 Å². The van der Waals surface area contributed by atoms with Gasteiger partial charge in [-0.3, -0.25) is 4.79 Å².